The van der Waals surface area contributed by atoms with Crippen LogP contribution in [0, 0.1) is 5.82 Å². The van der Waals surface area contributed by atoms with Crippen LogP contribution in [0.3, 0.4) is 0 Å². The smallest absolute Gasteiger partial charge is 0.319 e. The van der Waals surface area contributed by atoms with Gasteiger partial charge >= 0.3 is 6.03 Å². The summed E-state index contributed by atoms with van der Waals surface area (Å²) in [6, 6.07) is 4.04. The molecule has 0 spiro atoms. The Morgan fingerprint density at radius 1 is 1.32 bits per heavy atom. The van der Waals surface area contributed by atoms with Crippen molar-refractivity contribution in [3.8, 4) is 0 Å². The maximum atomic E-state index is 13.5. The van der Waals surface area contributed by atoms with Crippen molar-refractivity contribution in [3.05, 3.63) is 24.0 Å². The fourth-order valence-corrected chi connectivity index (χ4v) is 2.88. The summed E-state index contributed by atoms with van der Waals surface area (Å²) in [6.07, 6.45) is 4.99. The van der Waals surface area contributed by atoms with Crippen LogP contribution in [0.15, 0.2) is 18.2 Å². The highest BCUT2D eigenvalue weighted by molar-refractivity contribution is 7.84. The average molecular weight is 327 g/mol. The molecule has 0 aliphatic carbocycles. The predicted octanol–water partition coefficient (Wildman–Crippen LogP) is 2.32. The zero-order valence-corrected chi connectivity index (χ0v) is 13.5. The Kier molecular flexibility index (Phi) is 6.18. The lowest BCUT2D eigenvalue weighted by Crippen LogP contribution is -2.34. The van der Waals surface area contributed by atoms with E-state index in [1.165, 1.54) is 18.6 Å². The minimum Gasteiger partial charge on any atom is -0.370 e. The Labute approximate surface area is 132 Å². The number of hydrogen-bond acceptors (Lipinski definition) is 3. The normalized spacial score (nSPS) is 16.2. The molecule has 2 rings (SSSR count). The van der Waals surface area contributed by atoms with Crippen LogP contribution in [0.4, 0.5) is 20.6 Å². The molecule has 0 saturated carbocycles. The van der Waals surface area contributed by atoms with Gasteiger partial charge in [-0.25, -0.2) is 9.18 Å². The Morgan fingerprint density at radius 2 is 2.05 bits per heavy atom. The fraction of sp³-hybridized carbons (Fsp3) is 0.533. The van der Waals surface area contributed by atoms with E-state index in [1.54, 1.807) is 12.3 Å². The molecule has 5 nitrogen and oxygen atoms in total. The van der Waals surface area contributed by atoms with E-state index < -0.39 is 16.8 Å². The van der Waals surface area contributed by atoms with Crippen molar-refractivity contribution < 1.29 is 13.4 Å². The van der Waals surface area contributed by atoms with E-state index in [2.05, 4.69) is 15.5 Å². The van der Waals surface area contributed by atoms with Crippen molar-refractivity contribution in [1.82, 2.24) is 5.32 Å². The summed E-state index contributed by atoms with van der Waals surface area (Å²) in [5.41, 5.74) is 1.31. The van der Waals surface area contributed by atoms with Crippen molar-refractivity contribution in [2.24, 2.45) is 0 Å². The van der Waals surface area contributed by atoms with Gasteiger partial charge in [0.25, 0.3) is 0 Å². The number of urea groups is 1. The van der Waals surface area contributed by atoms with Crippen LogP contribution in [0.5, 0.6) is 0 Å². The Hall–Kier alpha value is -1.63. The van der Waals surface area contributed by atoms with Gasteiger partial charge < -0.3 is 15.5 Å². The number of anilines is 2. The van der Waals surface area contributed by atoms with Crippen LogP contribution in [-0.2, 0) is 10.8 Å². The molecule has 2 amide bonds. The molecule has 0 radical (unpaired) electrons. The monoisotopic (exact) mass is 327 g/mol. The summed E-state index contributed by atoms with van der Waals surface area (Å²) in [5.74, 6) is 0.0148. The summed E-state index contributed by atoms with van der Waals surface area (Å²) < 4.78 is 24.5. The third-order valence-corrected chi connectivity index (χ3v) is 4.36. The first-order valence-electron chi connectivity index (χ1n) is 7.45. The number of hydrogen-bond donors (Lipinski definition) is 2. The van der Waals surface area contributed by atoms with Gasteiger partial charge in [-0.1, -0.05) is 0 Å². The lowest BCUT2D eigenvalue weighted by atomic mass is 10.1. The molecule has 1 atom stereocenters. The van der Waals surface area contributed by atoms with Gasteiger partial charge in [-0.2, -0.15) is 0 Å². The molecule has 1 aliphatic rings. The number of carbonyl (C=O) groups is 1. The number of halogens is 1. The van der Waals surface area contributed by atoms with Crippen molar-refractivity contribution in [1.29, 1.82) is 0 Å². The van der Waals surface area contributed by atoms with Gasteiger partial charge in [0.2, 0.25) is 0 Å². The molecular formula is C15H22FN3O2S. The molecule has 1 saturated heterocycles. The topological polar surface area (TPSA) is 61.4 Å². The minimum atomic E-state index is -0.951. The average Bonchev–Trinajstić information content (AvgIpc) is 2.48. The van der Waals surface area contributed by atoms with Crippen LogP contribution < -0.4 is 15.5 Å². The number of nitrogens with one attached hydrogen (secondary N) is 2. The third kappa shape index (κ3) is 4.98. The molecule has 7 heteroatoms. The number of benzene rings is 1. The molecule has 1 unspecified atom stereocenters. The van der Waals surface area contributed by atoms with Gasteiger partial charge in [0.15, 0.2) is 0 Å². The molecule has 1 heterocycles. The summed E-state index contributed by atoms with van der Waals surface area (Å²) in [6.45, 7) is 2.15. The molecule has 1 aliphatic heterocycles. The highest BCUT2D eigenvalue weighted by atomic mass is 32.2. The van der Waals surface area contributed by atoms with Crippen LogP contribution in [0.25, 0.3) is 0 Å². The van der Waals surface area contributed by atoms with Gasteiger partial charge in [-0.15, -0.1) is 0 Å². The number of amides is 2. The first-order chi connectivity index (χ1) is 10.6. The van der Waals surface area contributed by atoms with Gasteiger partial charge in [-0.3, -0.25) is 4.21 Å². The van der Waals surface area contributed by atoms with Gasteiger partial charge in [0.1, 0.15) is 5.82 Å². The molecule has 1 fully saturated rings. The van der Waals surface area contributed by atoms with E-state index in [4.69, 9.17) is 0 Å². The highest BCUT2D eigenvalue weighted by Gasteiger charge is 2.16. The van der Waals surface area contributed by atoms with E-state index in [-0.39, 0.29) is 5.82 Å². The second-order valence-electron chi connectivity index (χ2n) is 5.37. The van der Waals surface area contributed by atoms with Gasteiger partial charge in [-0.05, 0) is 37.5 Å². The number of carbonyl (C=O) groups excluding carboxylic acids is 1. The van der Waals surface area contributed by atoms with Crippen molar-refractivity contribution in [2.75, 3.05) is 41.9 Å². The first-order valence-corrected chi connectivity index (χ1v) is 9.18. The largest absolute Gasteiger partial charge is 0.370 e. The Balaban J connectivity index is 2.03. The van der Waals surface area contributed by atoms with E-state index in [9.17, 15) is 13.4 Å². The van der Waals surface area contributed by atoms with E-state index in [0.717, 1.165) is 31.6 Å². The van der Waals surface area contributed by atoms with Gasteiger partial charge in [0.05, 0.1) is 11.4 Å². The van der Waals surface area contributed by atoms with Crippen LogP contribution in [-0.4, -0.2) is 41.9 Å². The van der Waals surface area contributed by atoms with Crippen molar-refractivity contribution in [3.63, 3.8) is 0 Å². The standard InChI is InChI=1S/C15H22FN3O2S/c1-22(21)10-7-17-15(20)18-13-11-12(16)5-6-14(13)19-8-3-2-4-9-19/h5-6,11H,2-4,7-10H2,1H3,(H2,17,18,20). The summed E-state index contributed by atoms with van der Waals surface area (Å²) in [4.78, 5) is 14.0. The predicted molar refractivity (Wildman–Crippen MR) is 88.4 cm³/mol. The lowest BCUT2D eigenvalue weighted by molar-refractivity contribution is 0.252. The maximum absolute atomic E-state index is 13.5. The fourth-order valence-electron chi connectivity index (χ4n) is 2.49. The zero-order valence-electron chi connectivity index (χ0n) is 12.7. The first kappa shape index (κ1) is 16.7. The van der Waals surface area contributed by atoms with E-state index in [0.29, 0.717) is 18.0 Å². The van der Waals surface area contributed by atoms with Crippen LogP contribution in [0.2, 0.25) is 0 Å². The summed E-state index contributed by atoms with van der Waals surface area (Å²) >= 11 is 0. The molecule has 1 aromatic rings. The van der Waals surface area contributed by atoms with E-state index in [1.807, 2.05) is 0 Å². The molecule has 2 N–H and O–H groups in total. The molecule has 0 bridgehead atoms. The molecule has 1 aromatic carbocycles. The Morgan fingerprint density at radius 3 is 2.73 bits per heavy atom. The quantitative estimate of drug-likeness (QED) is 0.872. The van der Waals surface area contributed by atoms with Crippen molar-refractivity contribution >= 4 is 28.2 Å². The highest BCUT2D eigenvalue weighted by Crippen LogP contribution is 2.29. The maximum Gasteiger partial charge on any atom is 0.319 e. The third-order valence-electron chi connectivity index (χ3n) is 3.58. The SMILES string of the molecule is CS(=O)CCNC(=O)Nc1cc(F)ccc1N1CCCCC1. The second kappa shape index (κ2) is 8.12. The van der Waals surface area contributed by atoms with E-state index >= 15 is 0 Å². The summed E-state index contributed by atoms with van der Waals surface area (Å²) in [7, 11) is -0.951. The molecular weight excluding hydrogens is 305 g/mol. The molecule has 122 valence electrons. The minimum absolute atomic E-state index is 0.323. The second-order valence-corrected chi connectivity index (χ2v) is 6.92. The summed E-state index contributed by atoms with van der Waals surface area (Å²) in [5, 5.41) is 5.32. The number of piperidine rings is 1. The van der Waals surface area contributed by atoms with Crippen LogP contribution >= 0.6 is 0 Å². The number of rotatable bonds is 5. The number of nitrogens with zero attached hydrogens (tertiary/aromatic N) is 1. The lowest BCUT2D eigenvalue weighted by Gasteiger charge is -2.30. The molecule has 0 aromatic heterocycles. The van der Waals surface area contributed by atoms with Crippen molar-refractivity contribution in [2.45, 2.75) is 19.3 Å². The van der Waals surface area contributed by atoms with Gasteiger partial charge in [0, 0.05) is 42.4 Å². The van der Waals surface area contributed by atoms with Crippen LogP contribution in [0.1, 0.15) is 19.3 Å². The molecule has 22 heavy (non-hydrogen) atoms. The Bertz CT molecular complexity index is 548. The zero-order chi connectivity index (χ0) is 15.9.